The summed E-state index contributed by atoms with van der Waals surface area (Å²) in [6.45, 7) is 8.40. The van der Waals surface area contributed by atoms with Crippen LogP contribution >= 0.6 is 0 Å². The quantitative estimate of drug-likeness (QED) is 0.160. The third-order valence-electron chi connectivity index (χ3n) is 7.81. The third kappa shape index (κ3) is 5.19. The summed E-state index contributed by atoms with van der Waals surface area (Å²) in [6.07, 6.45) is 2.83. The number of hydrogen-bond acceptors (Lipinski definition) is 3. The summed E-state index contributed by atoms with van der Waals surface area (Å²) in [4.78, 5) is 4.71. The molecule has 4 aromatic carbocycles. The van der Waals surface area contributed by atoms with Crippen molar-refractivity contribution in [1.29, 1.82) is 0 Å². The van der Waals surface area contributed by atoms with Gasteiger partial charge in [0.1, 0.15) is 5.82 Å². The number of hydrogen-bond donors (Lipinski definition) is 0. The second-order valence-corrected chi connectivity index (χ2v) is 10.6. The Morgan fingerprint density at radius 1 is 0.791 bits per heavy atom. The van der Waals surface area contributed by atoms with E-state index >= 15 is 0 Å². The SMILES string of the molecule is CCc1ccc2c(c1)c1ccc(Oc3[c-]c(-n4nc(C)c(-c5ccccc5)c4C)ccc3)[c-]c1n2-c1cc(C)ccn1.[Pt+2]. The summed E-state index contributed by atoms with van der Waals surface area (Å²) >= 11 is 0. The van der Waals surface area contributed by atoms with E-state index in [2.05, 4.69) is 92.1 Å². The van der Waals surface area contributed by atoms with Gasteiger partial charge in [-0.3, -0.25) is 4.68 Å². The molecule has 3 aromatic heterocycles. The molecule has 0 aliphatic rings. The van der Waals surface area contributed by atoms with Crippen molar-refractivity contribution >= 4 is 21.8 Å². The Kier molecular flexibility index (Phi) is 7.77. The number of aromatic nitrogens is 4. The van der Waals surface area contributed by atoms with E-state index in [1.807, 2.05) is 54.2 Å². The molecule has 0 unspecified atom stereocenters. The molecule has 0 bridgehead atoms. The van der Waals surface area contributed by atoms with E-state index in [4.69, 9.17) is 14.8 Å². The Balaban J connectivity index is 0.00000329. The molecule has 0 saturated carbocycles. The zero-order valence-corrected chi connectivity index (χ0v) is 26.7. The molecule has 0 saturated heterocycles. The third-order valence-corrected chi connectivity index (χ3v) is 7.81. The van der Waals surface area contributed by atoms with E-state index in [1.54, 1.807) is 0 Å². The van der Waals surface area contributed by atoms with E-state index in [0.29, 0.717) is 11.5 Å². The summed E-state index contributed by atoms with van der Waals surface area (Å²) in [5.41, 5.74) is 9.61. The first-order chi connectivity index (χ1) is 20.5. The number of ether oxygens (including phenoxy) is 1. The van der Waals surface area contributed by atoms with E-state index in [0.717, 1.165) is 62.4 Å². The fraction of sp³-hybridized carbons (Fsp3) is 0.135. The van der Waals surface area contributed by atoms with Crippen molar-refractivity contribution in [3.05, 3.63) is 132 Å². The topological polar surface area (TPSA) is 44.9 Å². The van der Waals surface area contributed by atoms with Crippen LogP contribution in [0.25, 0.3) is 44.4 Å². The van der Waals surface area contributed by atoms with Crippen molar-refractivity contribution in [2.75, 3.05) is 0 Å². The van der Waals surface area contributed by atoms with Crippen LogP contribution in [0, 0.1) is 32.9 Å². The monoisotopic (exact) mass is 741 g/mol. The van der Waals surface area contributed by atoms with E-state index in [9.17, 15) is 0 Å². The van der Waals surface area contributed by atoms with Crippen LogP contribution < -0.4 is 4.74 Å². The van der Waals surface area contributed by atoms with E-state index < -0.39 is 0 Å². The van der Waals surface area contributed by atoms with Gasteiger partial charge in [-0.1, -0.05) is 54.9 Å². The molecule has 7 rings (SSSR count). The predicted molar refractivity (Wildman–Crippen MR) is 169 cm³/mol. The molecule has 43 heavy (non-hydrogen) atoms. The maximum absolute atomic E-state index is 6.38. The normalized spacial score (nSPS) is 11.2. The minimum absolute atomic E-state index is 0. The van der Waals surface area contributed by atoms with Gasteiger partial charge in [0, 0.05) is 34.5 Å². The van der Waals surface area contributed by atoms with Crippen molar-refractivity contribution in [3.8, 4) is 34.1 Å². The number of pyridine rings is 1. The zero-order chi connectivity index (χ0) is 28.8. The standard InChI is InChI=1S/C37H30N4O.Pt/c1-5-27-14-17-34-33(21-27)32-16-15-31(23-35(32)40(34)36-20-24(2)18-19-38-36)42-30-13-9-12-29(22-30)41-26(4)37(25(3)39-41)28-10-7-6-8-11-28;/h6-21H,5H2,1-4H3;/q-2;+2. The first kappa shape index (κ1) is 28.6. The van der Waals surface area contributed by atoms with Gasteiger partial charge in [0.25, 0.3) is 0 Å². The number of nitrogens with zero attached hydrogens (tertiary/aromatic N) is 4. The summed E-state index contributed by atoms with van der Waals surface area (Å²) < 4.78 is 10.5. The first-order valence-electron chi connectivity index (χ1n) is 14.2. The van der Waals surface area contributed by atoms with Crippen LogP contribution in [0.1, 0.15) is 29.4 Å². The Morgan fingerprint density at radius 2 is 1.60 bits per heavy atom. The second kappa shape index (κ2) is 11.7. The van der Waals surface area contributed by atoms with Crippen LogP contribution in [0.2, 0.25) is 0 Å². The van der Waals surface area contributed by atoms with Gasteiger partial charge in [-0.15, -0.1) is 35.7 Å². The largest absolute Gasteiger partial charge is 2.00 e. The molecule has 214 valence electrons. The second-order valence-electron chi connectivity index (χ2n) is 10.6. The average molecular weight is 742 g/mol. The summed E-state index contributed by atoms with van der Waals surface area (Å²) in [7, 11) is 0. The van der Waals surface area contributed by atoms with E-state index in [1.165, 1.54) is 10.9 Å². The van der Waals surface area contributed by atoms with Crippen molar-refractivity contribution in [3.63, 3.8) is 0 Å². The minimum atomic E-state index is 0. The summed E-state index contributed by atoms with van der Waals surface area (Å²) in [6, 6.07) is 38.1. The molecular formula is C37H30N4OPt. The maximum Gasteiger partial charge on any atom is 2.00 e. The van der Waals surface area contributed by atoms with Gasteiger partial charge >= 0.3 is 21.1 Å². The smallest absolute Gasteiger partial charge is 0.509 e. The van der Waals surface area contributed by atoms with Crippen LogP contribution in [-0.2, 0) is 27.5 Å². The fourth-order valence-electron chi connectivity index (χ4n) is 5.77. The van der Waals surface area contributed by atoms with E-state index in [-0.39, 0.29) is 21.1 Å². The Labute approximate surface area is 266 Å². The summed E-state index contributed by atoms with van der Waals surface area (Å²) in [5, 5.41) is 7.15. The Bertz CT molecular complexity index is 2090. The van der Waals surface area contributed by atoms with Gasteiger partial charge in [0.2, 0.25) is 0 Å². The van der Waals surface area contributed by atoms with Crippen LogP contribution in [-0.4, -0.2) is 19.3 Å². The molecule has 0 N–H and O–H groups in total. The predicted octanol–water partition coefficient (Wildman–Crippen LogP) is 8.91. The minimum Gasteiger partial charge on any atom is -0.509 e. The van der Waals surface area contributed by atoms with Crippen LogP contribution in [0.4, 0.5) is 0 Å². The number of rotatable bonds is 6. The Morgan fingerprint density at radius 3 is 2.40 bits per heavy atom. The summed E-state index contributed by atoms with van der Waals surface area (Å²) in [5.74, 6) is 2.07. The van der Waals surface area contributed by atoms with Crippen LogP contribution in [0.3, 0.4) is 0 Å². The average Bonchev–Trinajstić information content (AvgIpc) is 3.49. The Hall–Kier alpha value is -4.47. The zero-order valence-electron chi connectivity index (χ0n) is 24.5. The van der Waals surface area contributed by atoms with Crippen molar-refractivity contribution < 1.29 is 25.8 Å². The van der Waals surface area contributed by atoms with Gasteiger partial charge in [-0.2, -0.15) is 17.2 Å². The van der Waals surface area contributed by atoms with Gasteiger partial charge in [-0.25, -0.2) is 4.98 Å². The molecule has 0 atom stereocenters. The molecule has 0 aliphatic carbocycles. The number of fused-ring (bicyclic) bond motifs is 3. The van der Waals surface area contributed by atoms with Crippen molar-refractivity contribution in [2.24, 2.45) is 0 Å². The van der Waals surface area contributed by atoms with Crippen molar-refractivity contribution in [2.45, 2.75) is 34.1 Å². The van der Waals surface area contributed by atoms with Crippen LogP contribution in [0.5, 0.6) is 11.5 Å². The molecule has 0 aliphatic heterocycles. The van der Waals surface area contributed by atoms with Gasteiger partial charge in [0.05, 0.1) is 5.69 Å². The molecule has 5 nitrogen and oxygen atoms in total. The molecule has 7 aromatic rings. The molecule has 0 fully saturated rings. The molecule has 0 spiro atoms. The number of aryl methyl sites for hydroxylation is 3. The molecular weight excluding hydrogens is 712 g/mol. The van der Waals surface area contributed by atoms with Crippen molar-refractivity contribution in [1.82, 2.24) is 19.3 Å². The van der Waals surface area contributed by atoms with Gasteiger partial charge in [0.15, 0.2) is 0 Å². The maximum atomic E-state index is 6.38. The molecule has 0 radical (unpaired) electrons. The molecule has 0 amide bonds. The fourth-order valence-corrected chi connectivity index (χ4v) is 5.77. The number of benzene rings is 4. The van der Waals surface area contributed by atoms with Gasteiger partial charge in [-0.05, 0) is 73.2 Å². The first-order valence-corrected chi connectivity index (χ1v) is 14.2. The molecule has 6 heteroatoms. The molecule has 3 heterocycles. The van der Waals surface area contributed by atoms with Gasteiger partial charge < -0.3 is 9.30 Å². The van der Waals surface area contributed by atoms with Crippen LogP contribution in [0.15, 0.2) is 97.2 Å².